The summed E-state index contributed by atoms with van der Waals surface area (Å²) in [6.07, 6.45) is 0.0147. The Morgan fingerprint density at radius 2 is 1.93 bits per heavy atom. The van der Waals surface area contributed by atoms with E-state index in [1.54, 1.807) is 13.8 Å². The van der Waals surface area contributed by atoms with Gasteiger partial charge in [0.1, 0.15) is 12.1 Å². The molecule has 27 heavy (non-hydrogen) atoms. The molecule has 0 bridgehead atoms. The Morgan fingerprint density at radius 3 is 2.56 bits per heavy atom. The number of benzene rings is 1. The first-order valence-electron chi connectivity index (χ1n) is 8.92. The lowest BCUT2D eigenvalue weighted by Crippen LogP contribution is -2.45. The van der Waals surface area contributed by atoms with Crippen LogP contribution in [0.25, 0.3) is 0 Å². The standard InChI is InChI=1S/C19H25N3O5/c1-4-20-16(24)13(2)27-15(23)12-22-17(25)19(3,21-18(22)26)11-10-14-8-6-5-7-9-14/h5-9,13H,4,10-12H2,1-3H3,(H,20,24)(H,21,26)/t13-,19+/m1/s1. The van der Waals surface area contributed by atoms with Crippen LogP contribution in [0.4, 0.5) is 4.79 Å². The normalized spacial score (nSPS) is 20.2. The summed E-state index contributed by atoms with van der Waals surface area (Å²) < 4.78 is 5.00. The molecule has 1 heterocycles. The summed E-state index contributed by atoms with van der Waals surface area (Å²) in [5, 5.41) is 5.18. The molecule has 8 nitrogen and oxygen atoms in total. The Bertz CT molecular complexity index is 721. The number of rotatable bonds is 8. The number of imide groups is 1. The summed E-state index contributed by atoms with van der Waals surface area (Å²) in [5.41, 5.74) is -0.0345. The lowest BCUT2D eigenvalue weighted by Gasteiger charge is -2.21. The quantitative estimate of drug-likeness (QED) is 0.521. The molecule has 0 spiro atoms. The SMILES string of the molecule is CCNC(=O)[C@@H](C)OC(=O)CN1C(=O)N[C@@](C)(CCc2ccccc2)C1=O. The van der Waals surface area contributed by atoms with Gasteiger partial charge in [0, 0.05) is 6.54 Å². The minimum Gasteiger partial charge on any atom is -0.451 e. The van der Waals surface area contributed by atoms with Gasteiger partial charge in [0.25, 0.3) is 11.8 Å². The second-order valence-corrected chi connectivity index (χ2v) is 6.67. The molecule has 1 saturated heterocycles. The first-order valence-corrected chi connectivity index (χ1v) is 8.92. The van der Waals surface area contributed by atoms with E-state index in [9.17, 15) is 19.2 Å². The molecule has 2 rings (SSSR count). The number of carbonyl (C=O) groups is 4. The van der Waals surface area contributed by atoms with Gasteiger partial charge in [-0.15, -0.1) is 0 Å². The second kappa shape index (κ2) is 8.66. The van der Waals surface area contributed by atoms with Crippen LogP contribution in [-0.2, 0) is 25.5 Å². The van der Waals surface area contributed by atoms with Crippen LogP contribution >= 0.6 is 0 Å². The molecule has 0 aliphatic carbocycles. The largest absolute Gasteiger partial charge is 0.451 e. The van der Waals surface area contributed by atoms with Crippen LogP contribution in [0.5, 0.6) is 0 Å². The molecule has 1 aromatic carbocycles. The third-order valence-corrected chi connectivity index (χ3v) is 4.42. The van der Waals surface area contributed by atoms with Crippen molar-refractivity contribution in [1.29, 1.82) is 0 Å². The van der Waals surface area contributed by atoms with Crippen LogP contribution in [0, 0.1) is 0 Å². The van der Waals surface area contributed by atoms with E-state index in [0.717, 1.165) is 10.5 Å². The van der Waals surface area contributed by atoms with Crippen LogP contribution in [0.1, 0.15) is 32.8 Å². The summed E-state index contributed by atoms with van der Waals surface area (Å²) in [5.74, 6) is -1.73. The predicted octanol–water partition coefficient (Wildman–Crippen LogP) is 0.998. The van der Waals surface area contributed by atoms with E-state index in [0.29, 0.717) is 19.4 Å². The zero-order valence-electron chi connectivity index (χ0n) is 15.8. The Hall–Kier alpha value is -2.90. The lowest BCUT2D eigenvalue weighted by atomic mass is 9.93. The van der Waals surface area contributed by atoms with Crippen LogP contribution in [0.15, 0.2) is 30.3 Å². The van der Waals surface area contributed by atoms with Gasteiger partial charge in [-0.1, -0.05) is 30.3 Å². The maximum atomic E-state index is 12.7. The van der Waals surface area contributed by atoms with E-state index >= 15 is 0 Å². The van der Waals surface area contributed by atoms with Gasteiger partial charge in [-0.3, -0.25) is 19.3 Å². The summed E-state index contributed by atoms with van der Waals surface area (Å²) in [4.78, 5) is 49.3. The Morgan fingerprint density at radius 1 is 1.26 bits per heavy atom. The van der Waals surface area contributed by atoms with Crippen LogP contribution in [0.2, 0.25) is 0 Å². The van der Waals surface area contributed by atoms with Gasteiger partial charge in [-0.2, -0.15) is 0 Å². The van der Waals surface area contributed by atoms with Crippen LogP contribution < -0.4 is 10.6 Å². The molecule has 4 amide bonds. The van der Waals surface area contributed by atoms with E-state index in [2.05, 4.69) is 10.6 Å². The number of urea groups is 1. The zero-order valence-corrected chi connectivity index (χ0v) is 15.8. The van der Waals surface area contributed by atoms with Crippen molar-refractivity contribution in [2.45, 2.75) is 45.3 Å². The van der Waals surface area contributed by atoms with Crippen molar-refractivity contribution >= 4 is 23.8 Å². The van der Waals surface area contributed by atoms with E-state index in [4.69, 9.17) is 4.74 Å². The third-order valence-electron chi connectivity index (χ3n) is 4.42. The number of carbonyl (C=O) groups excluding carboxylic acids is 4. The number of ether oxygens (including phenoxy) is 1. The van der Waals surface area contributed by atoms with Crippen molar-refractivity contribution in [3.63, 3.8) is 0 Å². The topological polar surface area (TPSA) is 105 Å². The molecule has 1 fully saturated rings. The van der Waals surface area contributed by atoms with Gasteiger partial charge in [0.05, 0.1) is 0 Å². The zero-order chi connectivity index (χ0) is 20.0. The fraction of sp³-hybridized carbons (Fsp3) is 0.474. The molecule has 1 aliphatic rings. The van der Waals surface area contributed by atoms with Crippen molar-refractivity contribution in [1.82, 2.24) is 15.5 Å². The highest BCUT2D eigenvalue weighted by molar-refractivity contribution is 6.08. The van der Waals surface area contributed by atoms with Crippen molar-refractivity contribution in [3.8, 4) is 0 Å². The molecule has 8 heteroatoms. The smallest absolute Gasteiger partial charge is 0.327 e. The first-order chi connectivity index (χ1) is 12.8. The van der Waals surface area contributed by atoms with Gasteiger partial charge in [-0.25, -0.2) is 4.79 Å². The molecule has 2 atom stereocenters. The molecular weight excluding hydrogens is 350 g/mol. The highest BCUT2D eigenvalue weighted by atomic mass is 16.5. The Kier molecular flexibility index (Phi) is 6.55. The monoisotopic (exact) mass is 375 g/mol. The van der Waals surface area contributed by atoms with Crippen LogP contribution in [-0.4, -0.2) is 53.4 Å². The highest BCUT2D eigenvalue weighted by Gasteiger charge is 2.48. The average molecular weight is 375 g/mol. The van der Waals surface area contributed by atoms with Crippen molar-refractivity contribution in [2.75, 3.05) is 13.1 Å². The van der Waals surface area contributed by atoms with E-state index < -0.39 is 42.0 Å². The minimum absolute atomic E-state index is 0.405. The fourth-order valence-corrected chi connectivity index (χ4v) is 2.83. The fourth-order valence-electron chi connectivity index (χ4n) is 2.83. The molecule has 146 valence electrons. The van der Waals surface area contributed by atoms with Crippen molar-refractivity contribution < 1.29 is 23.9 Å². The van der Waals surface area contributed by atoms with Gasteiger partial charge >= 0.3 is 12.0 Å². The number of aryl methyl sites for hydroxylation is 1. The molecule has 2 N–H and O–H groups in total. The maximum Gasteiger partial charge on any atom is 0.327 e. The van der Waals surface area contributed by atoms with E-state index in [-0.39, 0.29) is 0 Å². The summed E-state index contributed by atoms with van der Waals surface area (Å²) >= 11 is 0. The predicted molar refractivity (Wildman–Crippen MR) is 97.7 cm³/mol. The lowest BCUT2D eigenvalue weighted by molar-refractivity contribution is -0.156. The molecule has 0 aromatic heterocycles. The van der Waals surface area contributed by atoms with Gasteiger partial charge in [-0.05, 0) is 39.2 Å². The molecule has 1 aromatic rings. The second-order valence-electron chi connectivity index (χ2n) is 6.67. The highest BCUT2D eigenvalue weighted by Crippen LogP contribution is 2.23. The number of likely N-dealkylation sites (N-methyl/N-ethyl adjacent to an activating group) is 1. The van der Waals surface area contributed by atoms with E-state index in [1.165, 1.54) is 6.92 Å². The van der Waals surface area contributed by atoms with Gasteiger partial charge in [0.15, 0.2) is 6.10 Å². The number of amides is 4. The third kappa shape index (κ3) is 5.06. The summed E-state index contributed by atoms with van der Waals surface area (Å²) in [7, 11) is 0. The van der Waals surface area contributed by atoms with Crippen molar-refractivity contribution in [3.05, 3.63) is 35.9 Å². The number of esters is 1. The molecule has 0 radical (unpaired) electrons. The van der Waals surface area contributed by atoms with Crippen molar-refractivity contribution in [2.24, 2.45) is 0 Å². The van der Waals surface area contributed by atoms with Gasteiger partial charge in [0.2, 0.25) is 0 Å². The number of nitrogens with zero attached hydrogens (tertiary/aromatic N) is 1. The van der Waals surface area contributed by atoms with Gasteiger partial charge < -0.3 is 15.4 Å². The number of nitrogens with one attached hydrogen (secondary N) is 2. The van der Waals surface area contributed by atoms with E-state index in [1.807, 2.05) is 30.3 Å². The molecule has 0 saturated carbocycles. The minimum atomic E-state index is -1.08. The van der Waals surface area contributed by atoms with Crippen LogP contribution in [0.3, 0.4) is 0 Å². The summed E-state index contributed by atoms with van der Waals surface area (Å²) in [6, 6.07) is 8.97. The number of hydrogen-bond acceptors (Lipinski definition) is 5. The molecule has 1 aliphatic heterocycles. The molecular formula is C19H25N3O5. The Balaban J connectivity index is 1.94. The first kappa shape index (κ1) is 20.4. The number of hydrogen-bond donors (Lipinski definition) is 2. The average Bonchev–Trinajstić information content (AvgIpc) is 2.84. The molecule has 0 unspecified atom stereocenters. The summed E-state index contributed by atoms with van der Waals surface area (Å²) in [6.45, 7) is 4.69. The Labute approximate surface area is 158 Å². The maximum absolute atomic E-state index is 12.7.